The van der Waals surface area contributed by atoms with Gasteiger partial charge in [-0.25, -0.2) is 13.4 Å². The molecule has 3 aromatic rings. The third-order valence-electron chi connectivity index (χ3n) is 8.26. The zero-order valence-corrected chi connectivity index (χ0v) is 28.6. The lowest BCUT2D eigenvalue weighted by atomic mass is 9.96. The van der Waals surface area contributed by atoms with Crippen LogP contribution in [-0.4, -0.2) is 75.1 Å². The lowest BCUT2D eigenvalue weighted by Crippen LogP contribution is -2.58. The van der Waals surface area contributed by atoms with Gasteiger partial charge in [-0.3, -0.25) is 9.10 Å². The van der Waals surface area contributed by atoms with E-state index >= 15 is 0 Å². The molecule has 1 aliphatic rings. The predicted molar refractivity (Wildman–Crippen MR) is 180 cm³/mol. The lowest BCUT2D eigenvalue weighted by Gasteiger charge is -2.34. The summed E-state index contributed by atoms with van der Waals surface area (Å²) in [6.45, 7) is 5.06. The number of halogens is 3. The number of aromatic nitrogens is 1. The molecule has 14 heteroatoms. The molecule has 1 aromatic heterocycles. The van der Waals surface area contributed by atoms with Crippen molar-refractivity contribution in [2.24, 2.45) is 5.92 Å². The molecular formula is C34H44F3N5O5S. The minimum atomic E-state index is -4.49. The molecule has 1 saturated carbocycles. The third-order valence-corrected chi connectivity index (χ3v) is 10.4. The van der Waals surface area contributed by atoms with E-state index in [0.717, 1.165) is 29.3 Å². The average Bonchev–Trinajstić information content (AvgIpc) is 3.86. The SMILES string of the molecule is CC(C)S(=O)(=O)N(C)c1cc(C(=O)NC(COc2ccccc2)C(C)(O)CNCc2cccc(C(F)(F)F)c2)cc(N(C)CC2CC2)n1. The number of rotatable bonds is 16. The predicted octanol–water partition coefficient (Wildman–Crippen LogP) is 4.84. The number of hydrogen-bond donors (Lipinski definition) is 3. The van der Waals surface area contributed by atoms with E-state index in [9.17, 15) is 31.5 Å². The molecule has 0 saturated heterocycles. The van der Waals surface area contributed by atoms with Gasteiger partial charge in [0, 0.05) is 39.3 Å². The Morgan fingerprint density at radius 2 is 1.71 bits per heavy atom. The highest BCUT2D eigenvalue weighted by Crippen LogP contribution is 2.32. The fourth-order valence-electron chi connectivity index (χ4n) is 4.97. The highest BCUT2D eigenvalue weighted by atomic mass is 32.2. The molecule has 0 aliphatic heterocycles. The highest BCUT2D eigenvalue weighted by Gasteiger charge is 2.35. The zero-order valence-electron chi connectivity index (χ0n) is 27.8. The second-order valence-electron chi connectivity index (χ2n) is 12.8. The first-order valence-corrected chi connectivity index (χ1v) is 17.3. The molecule has 2 atom stereocenters. The van der Waals surface area contributed by atoms with Crippen LogP contribution >= 0.6 is 0 Å². The molecular weight excluding hydrogens is 647 g/mol. The number of sulfonamides is 1. The quantitative estimate of drug-likeness (QED) is 0.195. The van der Waals surface area contributed by atoms with Gasteiger partial charge in [-0.2, -0.15) is 13.2 Å². The van der Waals surface area contributed by atoms with E-state index in [1.54, 1.807) is 50.2 Å². The summed E-state index contributed by atoms with van der Waals surface area (Å²) in [6.07, 6.45) is -2.32. The Hall–Kier alpha value is -3.88. The number of amides is 1. The Labute approximate surface area is 280 Å². The van der Waals surface area contributed by atoms with Crippen molar-refractivity contribution in [2.45, 2.75) is 63.2 Å². The normalized spacial score (nSPS) is 15.5. The number of pyridine rings is 1. The maximum Gasteiger partial charge on any atom is 0.416 e. The number of para-hydroxylation sites is 1. The number of carbonyl (C=O) groups is 1. The Balaban J connectivity index is 1.59. The van der Waals surface area contributed by atoms with E-state index in [1.807, 2.05) is 18.0 Å². The molecule has 2 unspecified atom stereocenters. The molecule has 1 fully saturated rings. The van der Waals surface area contributed by atoms with Crippen LogP contribution in [0.2, 0.25) is 0 Å². The Bertz CT molecular complexity index is 1650. The van der Waals surface area contributed by atoms with Crippen molar-refractivity contribution in [2.75, 3.05) is 43.0 Å². The lowest BCUT2D eigenvalue weighted by molar-refractivity contribution is -0.137. The zero-order chi connectivity index (χ0) is 35.3. The van der Waals surface area contributed by atoms with Crippen LogP contribution in [0.1, 0.15) is 55.1 Å². The second-order valence-corrected chi connectivity index (χ2v) is 15.3. The summed E-state index contributed by atoms with van der Waals surface area (Å²) in [6, 6.07) is 15.7. The summed E-state index contributed by atoms with van der Waals surface area (Å²) in [5.74, 6) is 0.880. The fraction of sp³-hybridized carbons (Fsp3) is 0.471. The molecule has 2 aromatic carbocycles. The number of ether oxygens (including phenoxy) is 1. The largest absolute Gasteiger partial charge is 0.491 e. The van der Waals surface area contributed by atoms with Crippen LogP contribution in [0.5, 0.6) is 5.75 Å². The number of aliphatic hydroxyl groups is 1. The Kier molecular flexibility index (Phi) is 11.6. The molecule has 3 N–H and O–H groups in total. The molecule has 4 rings (SSSR count). The molecule has 0 spiro atoms. The van der Waals surface area contributed by atoms with Crippen molar-refractivity contribution in [1.82, 2.24) is 15.6 Å². The fourth-order valence-corrected chi connectivity index (χ4v) is 5.96. The highest BCUT2D eigenvalue weighted by molar-refractivity contribution is 7.93. The minimum absolute atomic E-state index is 0.0291. The first kappa shape index (κ1) is 36.9. The van der Waals surface area contributed by atoms with Gasteiger partial charge in [0.05, 0.1) is 22.5 Å². The summed E-state index contributed by atoms with van der Waals surface area (Å²) in [7, 11) is -0.541. The molecule has 262 valence electrons. The first-order valence-electron chi connectivity index (χ1n) is 15.8. The standard InChI is InChI=1S/C34H44F3N5O5S/c1-23(2)48(45,46)42(5)31-18-26(17-30(40-31)41(4)20-24-14-15-24)32(43)39-29(21-47-28-12-7-6-8-13-28)33(3,44)22-38-19-25-10-9-11-27(16-25)34(35,36)37/h6-13,16-18,23-24,29,38,44H,14-15,19-22H2,1-5H3,(H,39,43). The van der Waals surface area contributed by atoms with Crippen molar-refractivity contribution in [3.63, 3.8) is 0 Å². The van der Waals surface area contributed by atoms with Crippen LogP contribution in [0.4, 0.5) is 24.8 Å². The van der Waals surface area contributed by atoms with Crippen LogP contribution in [0.25, 0.3) is 0 Å². The Morgan fingerprint density at radius 1 is 1.04 bits per heavy atom. The molecule has 1 heterocycles. The summed E-state index contributed by atoms with van der Waals surface area (Å²) in [5, 5.41) is 16.7. The van der Waals surface area contributed by atoms with Crippen molar-refractivity contribution in [3.05, 3.63) is 83.4 Å². The number of nitrogens with zero attached hydrogens (tertiary/aromatic N) is 3. The van der Waals surface area contributed by atoms with E-state index in [2.05, 4.69) is 15.6 Å². The first-order chi connectivity index (χ1) is 22.5. The summed E-state index contributed by atoms with van der Waals surface area (Å²) in [4.78, 5) is 20.4. The average molecular weight is 692 g/mol. The van der Waals surface area contributed by atoms with Gasteiger partial charge in [0.2, 0.25) is 10.0 Å². The molecule has 10 nitrogen and oxygen atoms in total. The van der Waals surface area contributed by atoms with E-state index in [-0.39, 0.29) is 31.1 Å². The van der Waals surface area contributed by atoms with Gasteiger partial charge in [-0.1, -0.05) is 36.4 Å². The second kappa shape index (κ2) is 15.1. The molecule has 0 bridgehead atoms. The molecule has 48 heavy (non-hydrogen) atoms. The molecule has 0 radical (unpaired) electrons. The van der Waals surface area contributed by atoms with E-state index in [0.29, 0.717) is 29.6 Å². The minimum Gasteiger partial charge on any atom is -0.491 e. The van der Waals surface area contributed by atoms with Crippen LogP contribution in [0.3, 0.4) is 0 Å². The number of nitrogens with one attached hydrogen (secondary N) is 2. The Morgan fingerprint density at radius 3 is 2.33 bits per heavy atom. The van der Waals surface area contributed by atoms with Gasteiger partial charge >= 0.3 is 6.18 Å². The van der Waals surface area contributed by atoms with Gasteiger partial charge in [0.1, 0.15) is 24.0 Å². The van der Waals surface area contributed by atoms with Gasteiger partial charge < -0.3 is 25.4 Å². The summed E-state index contributed by atoms with van der Waals surface area (Å²) >= 11 is 0. The van der Waals surface area contributed by atoms with Crippen molar-refractivity contribution >= 4 is 27.6 Å². The maximum atomic E-state index is 13.9. The number of benzene rings is 2. The van der Waals surface area contributed by atoms with Crippen LogP contribution in [0.15, 0.2) is 66.7 Å². The van der Waals surface area contributed by atoms with Crippen LogP contribution < -0.4 is 24.6 Å². The van der Waals surface area contributed by atoms with Gasteiger partial charge in [0.15, 0.2) is 0 Å². The molecule has 1 aliphatic carbocycles. The van der Waals surface area contributed by atoms with E-state index in [4.69, 9.17) is 4.74 Å². The van der Waals surface area contributed by atoms with Gasteiger partial charge in [-0.05, 0) is 75.4 Å². The van der Waals surface area contributed by atoms with Crippen LogP contribution in [-0.2, 0) is 22.7 Å². The molecule has 1 amide bonds. The number of carbonyl (C=O) groups excluding carboxylic acids is 1. The van der Waals surface area contributed by atoms with Crippen molar-refractivity contribution in [1.29, 1.82) is 0 Å². The third kappa shape index (κ3) is 9.83. The number of anilines is 2. The van der Waals surface area contributed by atoms with Crippen molar-refractivity contribution < 1.29 is 36.2 Å². The monoisotopic (exact) mass is 691 g/mol. The maximum absolute atomic E-state index is 13.9. The topological polar surface area (TPSA) is 124 Å². The van der Waals surface area contributed by atoms with Gasteiger partial charge in [0.25, 0.3) is 5.91 Å². The number of alkyl halides is 3. The summed E-state index contributed by atoms with van der Waals surface area (Å²) in [5.41, 5.74) is -1.93. The van der Waals surface area contributed by atoms with Crippen molar-refractivity contribution in [3.8, 4) is 5.75 Å². The summed E-state index contributed by atoms with van der Waals surface area (Å²) < 4.78 is 72.7. The van der Waals surface area contributed by atoms with E-state index < -0.39 is 44.6 Å². The number of hydrogen-bond acceptors (Lipinski definition) is 8. The smallest absolute Gasteiger partial charge is 0.416 e. The van der Waals surface area contributed by atoms with Gasteiger partial charge in [-0.15, -0.1) is 0 Å². The van der Waals surface area contributed by atoms with Crippen LogP contribution in [0, 0.1) is 5.92 Å². The van der Waals surface area contributed by atoms with E-state index in [1.165, 1.54) is 26.1 Å².